The van der Waals surface area contributed by atoms with Gasteiger partial charge in [-0.1, -0.05) is 40.2 Å². The highest BCUT2D eigenvalue weighted by Gasteiger charge is 2.15. The second-order valence-corrected chi connectivity index (χ2v) is 6.65. The molecule has 1 aromatic heterocycles. The predicted molar refractivity (Wildman–Crippen MR) is 98.2 cm³/mol. The smallest absolute Gasteiger partial charge is 0.257 e. The topological polar surface area (TPSA) is 38.1 Å². The van der Waals surface area contributed by atoms with Crippen LogP contribution in [0, 0.1) is 6.92 Å². The number of aromatic nitrogens is 2. The van der Waals surface area contributed by atoms with E-state index in [1.165, 1.54) is 5.56 Å². The van der Waals surface area contributed by atoms with Gasteiger partial charge in [0.15, 0.2) is 0 Å². The Kier molecular flexibility index (Phi) is 4.81. The van der Waals surface area contributed by atoms with Gasteiger partial charge >= 0.3 is 0 Å². The van der Waals surface area contributed by atoms with E-state index in [-0.39, 0.29) is 5.91 Å². The zero-order chi connectivity index (χ0) is 17.1. The number of hydrogen-bond acceptors (Lipinski definition) is 2. The SMILES string of the molecule is Cc1ccccc1CN(C)C(=O)c1cnn(-c2ccc(Br)cc2)c1. The van der Waals surface area contributed by atoms with E-state index < -0.39 is 0 Å². The number of halogens is 1. The minimum atomic E-state index is -0.0402. The Morgan fingerprint density at radius 3 is 2.58 bits per heavy atom. The highest BCUT2D eigenvalue weighted by Crippen LogP contribution is 2.16. The highest BCUT2D eigenvalue weighted by molar-refractivity contribution is 9.10. The number of carbonyl (C=O) groups is 1. The highest BCUT2D eigenvalue weighted by atomic mass is 79.9. The van der Waals surface area contributed by atoms with E-state index >= 15 is 0 Å². The predicted octanol–water partition coefficient (Wildman–Crippen LogP) is 4.22. The van der Waals surface area contributed by atoms with Gasteiger partial charge < -0.3 is 4.90 Å². The van der Waals surface area contributed by atoms with Gasteiger partial charge in [-0.2, -0.15) is 5.10 Å². The molecule has 0 radical (unpaired) electrons. The molecule has 0 bridgehead atoms. The Morgan fingerprint density at radius 2 is 1.88 bits per heavy atom. The zero-order valence-electron chi connectivity index (χ0n) is 13.6. The van der Waals surface area contributed by atoms with Crippen molar-refractivity contribution in [1.29, 1.82) is 0 Å². The standard InChI is InChI=1S/C19H18BrN3O/c1-14-5-3-4-6-15(14)12-22(2)19(24)16-11-21-23(13-16)18-9-7-17(20)8-10-18/h3-11,13H,12H2,1-2H3. The first-order valence-corrected chi connectivity index (χ1v) is 8.44. The largest absolute Gasteiger partial charge is 0.337 e. The fourth-order valence-corrected chi connectivity index (χ4v) is 2.77. The molecular formula is C19H18BrN3O. The van der Waals surface area contributed by atoms with Gasteiger partial charge in [-0.25, -0.2) is 4.68 Å². The quantitative estimate of drug-likeness (QED) is 0.676. The molecule has 3 rings (SSSR count). The number of aryl methyl sites for hydroxylation is 1. The van der Waals surface area contributed by atoms with Crippen LogP contribution in [0.5, 0.6) is 0 Å². The lowest BCUT2D eigenvalue weighted by atomic mass is 10.1. The van der Waals surface area contributed by atoms with Crippen molar-refractivity contribution in [3.8, 4) is 5.69 Å². The van der Waals surface area contributed by atoms with Crippen LogP contribution in [0.4, 0.5) is 0 Å². The normalized spacial score (nSPS) is 10.6. The first-order valence-electron chi connectivity index (χ1n) is 7.65. The minimum absolute atomic E-state index is 0.0402. The van der Waals surface area contributed by atoms with Crippen molar-refractivity contribution in [3.63, 3.8) is 0 Å². The number of benzene rings is 2. The maximum Gasteiger partial charge on any atom is 0.257 e. The third kappa shape index (κ3) is 3.57. The lowest BCUT2D eigenvalue weighted by molar-refractivity contribution is 0.0785. The summed E-state index contributed by atoms with van der Waals surface area (Å²) < 4.78 is 2.72. The average molecular weight is 384 g/mol. The second-order valence-electron chi connectivity index (χ2n) is 5.74. The molecule has 1 heterocycles. The van der Waals surface area contributed by atoms with Crippen molar-refractivity contribution in [2.45, 2.75) is 13.5 Å². The first kappa shape index (κ1) is 16.5. The molecule has 0 fully saturated rings. The molecule has 0 saturated heterocycles. The Hall–Kier alpha value is -2.40. The van der Waals surface area contributed by atoms with Crippen LogP contribution in [0.2, 0.25) is 0 Å². The van der Waals surface area contributed by atoms with E-state index in [4.69, 9.17) is 0 Å². The van der Waals surface area contributed by atoms with Crippen LogP contribution < -0.4 is 0 Å². The van der Waals surface area contributed by atoms with E-state index in [1.54, 1.807) is 22.0 Å². The number of hydrogen-bond donors (Lipinski definition) is 0. The van der Waals surface area contributed by atoms with Gasteiger partial charge in [-0.15, -0.1) is 0 Å². The molecule has 2 aromatic carbocycles. The minimum Gasteiger partial charge on any atom is -0.337 e. The van der Waals surface area contributed by atoms with Crippen LogP contribution in [-0.2, 0) is 6.54 Å². The summed E-state index contributed by atoms with van der Waals surface area (Å²) >= 11 is 3.41. The van der Waals surface area contributed by atoms with E-state index in [2.05, 4.69) is 34.0 Å². The summed E-state index contributed by atoms with van der Waals surface area (Å²) in [5.74, 6) is -0.0402. The van der Waals surface area contributed by atoms with Crippen LogP contribution in [0.25, 0.3) is 5.69 Å². The molecular weight excluding hydrogens is 366 g/mol. The lowest BCUT2D eigenvalue weighted by Gasteiger charge is -2.17. The van der Waals surface area contributed by atoms with Gasteiger partial charge in [-0.3, -0.25) is 4.79 Å². The average Bonchev–Trinajstić information content (AvgIpc) is 3.07. The molecule has 0 saturated carbocycles. The van der Waals surface area contributed by atoms with E-state index in [0.29, 0.717) is 12.1 Å². The van der Waals surface area contributed by atoms with Crippen LogP contribution in [-0.4, -0.2) is 27.6 Å². The summed E-state index contributed by atoms with van der Waals surface area (Å²) in [4.78, 5) is 14.3. The Morgan fingerprint density at radius 1 is 1.17 bits per heavy atom. The molecule has 0 spiro atoms. The first-order chi connectivity index (χ1) is 11.5. The third-order valence-electron chi connectivity index (χ3n) is 3.94. The molecule has 0 aliphatic rings. The number of nitrogens with zero attached hydrogens (tertiary/aromatic N) is 3. The Bertz CT molecular complexity index is 855. The Labute approximate surface area is 149 Å². The van der Waals surface area contributed by atoms with Gasteiger partial charge in [0.05, 0.1) is 17.4 Å². The van der Waals surface area contributed by atoms with E-state index in [0.717, 1.165) is 15.7 Å². The molecule has 3 aromatic rings. The molecule has 0 aliphatic heterocycles. The van der Waals surface area contributed by atoms with Crippen molar-refractivity contribution >= 4 is 21.8 Å². The van der Waals surface area contributed by atoms with Crippen LogP contribution in [0.15, 0.2) is 65.4 Å². The second kappa shape index (κ2) is 7.01. The van der Waals surface area contributed by atoms with Gasteiger partial charge in [-0.05, 0) is 42.3 Å². The summed E-state index contributed by atoms with van der Waals surface area (Å²) in [7, 11) is 1.81. The molecule has 122 valence electrons. The van der Waals surface area contributed by atoms with Crippen molar-refractivity contribution < 1.29 is 4.79 Å². The van der Waals surface area contributed by atoms with Gasteiger partial charge in [0, 0.05) is 24.3 Å². The van der Waals surface area contributed by atoms with Gasteiger partial charge in [0.2, 0.25) is 0 Å². The number of amides is 1. The maximum atomic E-state index is 12.6. The molecule has 24 heavy (non-hydrogen) atoms. The molecule has 5 heteroatoms. The molecule has 0 aliphatic carbocycles. The summed E-state index contributed by atoms with van der Waals surface area (Å²) in [5.41, 5.74) is 3.82. The van der Waals surface area contributed by atoms with Crippen molar-refractivity contribution in [3.05, 3.63) is 82.1 Å². The molecule has 4 nitrogen and oxygen atoms in total. The van der Waals surface area contributed by atoms with Crippen LogP contribution in [0.1, 0.15) is 21.5 Å². The third-order valence-corrected chi connectivity index (χ3v) is 4.46. The monoisotopic (exact) mass is 383 g/mol. The summed E-state index contributed by atoms with van der Waals surface area (Å²) in [6.45, 7) is 2.63. The fourth-order valence-electron chi connectivity index (χ4n) is 2.50. The van der Waals surface area contributed by atoms with Gasteiger partial charge in [0.1, 0.15) is 0 Å². The Balaban J connectivity index is 1.75. The van der Waals surface area contributed by atoms with Crippen LogP contribution >= 0.6 is 15.9 Å². The van der Waals surface area contributed by atoms with E-state index in [1.807, 2.05) is 49.5 Å². The molecule has 0 N–H and O–H groups in total. The van der Waals surface area contributed by atoms with Crippen LogP contribution in [0.3, 0.4) is 0 Å². The number of rotatable bonds is 4. The maximum absolute atomic E-state index is 12.6. The van der Waals surface area contributed by atoms with Crippen molar-refractivity contribution in [1.82, 2.24) is 14.7 Å². The molecule has 0 atom stereocenters. The zero-order valence-corrected chi connectivity index (χ0v) is 15.2. The summed E-state index contributed by atoms with van der Waals surface area (Å²) in [6, 6.07) is 15.9. The molecule has 0 unspecified atom stereocenters. The fraction of sp³-hybridized carbons (Fsp3) is 0.158. The summed E-state index contributed by atoms with van der Waals surface area (Å²) in [6.07, 6.45) is 3.37. The van der Waals surface area contributed by atoms with Crippen molar-refractivity contribution in [2.75, 3.05) is 7.05 Å². The van der Waals surface area contributed by atoms with Crippen molar-refractivity contribution in [2.24, 2.45) is 0 Å². The molecule has 1 amide bonds. The van der Waals surface area contributed by atoms with E-state index in [9.17, 15) is 4.79 Å². The lowest BCUT2D eigenvalue weighted by Crippen LogP contribution is -2.26. The summed E-state index contributed by atoms with van der Waals surface area (Å²) in [5, 5.41) is 4.30. The number of carbonyl (C=O) groups excluding carboxylic acids is 1. The van der Waals surface area contributed by atoms with Gasteiger partial charge in [0.25, 0.3) is 5.91 Å².